The van der Waals surface area contributed by atoms with E-state index in [1.165, 1.54) is 0 Å². The molecule has 1 atom stereocenters. The quantitative estimate of drug-likeness (QED) is 0.602. The van der Waals surface area contributed by atoms with Crippen LogP contribution in [0.2, 0.25) is 5.02 Å². The van der Waals surface area contributed by atoms with Crippen molar-refractivity contribution in [1.29, 1.82) is 0 Å². The van der Waals surface area contributed by atoms with Crippen LogP contribution >= 0.6 is 11.6 Å². The Balaban J connectivity index is 1.71. The minimum absolute atomic E-state index is 0.0615. The first-order chi connectivity index (χ1) is 15.9. The summed E-state index contributed by atoms with van der Waals surface area (Å²) in [6.07, 6.45) is -0.540. The van der Waals surface area contributed by atoms with Crippen LogP contribution < -0.4 is 15.5 Å². The monoisotopic (exact) mass is 462 g/mol. The highest BCUT2D eigenvalue weighted by Crippen LogP contribution is 2.38. The number of hydrogen-bond donors (Lipinski definition) is 2. The minimum atomic E-state index is -0.540. The zero-order valence-electron chi connectivity index (χ0n) is 18.2. The predicted molar refractivity (Wildman–Crippen MR) is 129 cm³/mol. The summed E-state index contributed by atoms with van der Waals surface area (Å²) in [6.45, 7) is 0.0615. The number of nitrogens with one attached hydrogen (secondary N) is 2. The molecule has 168 valence electrons. The van der Waals surface area contributed by atoms with Crippen molar-refractivity contribution in [3.63, 3.8) is 0 Å². The van der Waals surface area contributed by atoms with E-state index in [2.05, 4.69) is 10.6 Å². The van der Waals surface area contributed by atoms with E-state index in [0.29, 0.717) is 27.5 Å². The molecule has 0 radical (unpaired) electrons. The van der Waals surface area contributed by atoms with Gasteiger partial charge >= 0.3 is 0 Å². The summed E-state index contributed by atoms with van der Waals surface area (Å²) in [5, 5.41) is 5.87. The summed E-state index contributed by atoms with van der Waals surface area (Å²) >= 11 is 6.15. The third kappa shape index (κ3) is 4.40. The van der Waals surface area contributed by atoms with Crippen LogP contribution in [0.1, 0.15) is 32.4 Å². The van der Waals surface area contributed by atoms with Crippen molar-refractivity contribution in [2.75, 3.05) is 30.9 Å². The van der Waals surface area contributed by atoms with Crippen molar-refractivity contribution >= 4 is 40.7 Å². The van der Waals surface area contributed by atoms with E-state index in [9.17, 15) is 14.4 Å². The highest BCUT2D eigenvalue weighted by molar-refractivity contribution is 6.34. The molecule has 0 saturated carbocycles. The second-order valence-electron chi connectivity index (χ2n) is 7.67. The Morgan fingerprint density at radius 3 is 2.48 bits per heavy atom. The Morgan fingerprint density at radius 2 is 1.73 bits per heavy atom. The molecule has 0 bridgehead atoms. The van der Waals surface area contributed by atoms with Crippen LogP contribution in [0, 0.1) is 0 Å². The normalized spacial score (nSPS) is 15.1. The number of rotatable bonds is 5. The Morgan fingerprint density at radius 1 is 1.00 bits per heavy atom. The number of anilines is 2. The number of carbonyl (C=O) groups is 3. The molecule has 7 nitrogen and oxygen atoms in total. The van der Waals surface area contributed by atoms with Gasteiger partial charge in [0.15, 0.2) is 0 Å². The molecular weight excluding hydrogens is 440 g/mol. The maximum absolute atomic E-state index is 13.1. The number of nitrogens with zero attached hydrogens (tertiary/aromatic N) is 2. The third-order valence-electron chi connectivity index (χ3n) is 5.58. The van der Waals surface area contributed by atoms with Crippen molar-refractivity contribution in [2.45, 2.75) is 6.17 Å². The minimum Gasteiger partial charge on any atom is -0.358 e. The highest BCUT2D eigenvalue weighted by atomic mass is 35.5. The lowest BCUT2D eigenvalue weighted by Gasteiger charge is -2.44. The first-order valence-electron chi connectivity index (χ1n) is 10.4. The fraction of sp³-hybridized carbons (Fsp3) is 0.160. The van der Waals surface area contributed by atoms with Gasteiger partial charge in [-0.25, -0.2) is 0 Å². The van der Waals surface area contributed by atoms with E-state index in [0.717, 1.165) is 5.56 Å². The number of likely N-dealkylation sites (N-methyl/N-ethyl adjacent to an activating group) is 1. The molecule has 1 aliphatic rings. The van der Waals surface area contributed by atoms with E-state index in [-0.39, 0.29) is 24.3 Å². The van der Waals surface area contributed by atoms with Crippen molar-refractivity contribution in [1.82, 2.24) is 10.2 Å². The van der Waals surface area contributed by atoms with E-state index >= 15 is 0 Å². The van der Waals surface area contributed by atoms with E-state index in [4.69, 9.17) is 11.6 Å². The summed E-state index contributed by atoms with van der Waals surface area (Å²) in [4.78, 5) is 41.6. The maximum atomic E-state index is 13.1. The molecule has 8 heteroatoms. The summed E-state index contributed by atoms with van der Waals surface area (Å²) in [5.41, 5.74) is 2.88. The zero-order valence-corrected chi connectivity index (χ0v) is 19.0. The highest BCUT2D eigenvalue weighted by Gasteiger charge is 2.37. The lowest BCUT2D eigenvalue weighted by molar-refractivity contribution is -0.119. The fourth-order valence-electron chi connectivity index (χ4n) is 3.98. The van der Waals surface area contributed by atoms with Gasteiger partial charge in [0.2, 0.25) is 5.91 Å². The van der Waals surface area contributed by atoms with Crippen LogP contribution in [0.25, 0.3) is 0 Å². The van der Waals surface area contributed by atoms with Gasteiger partial charge in [-0.15, -0.1) is 0 Å². The molecule has 0 saturated heterocycles. The molecule has 3 aromatic carbocycles. The number of amides is 3. The molecule has 1 unspecified atom stereocenters. The van der Waals surface area contributed by atoms with Gasteiger partial charge in [0.05, 0.1) is 28.4 Å². The Labute approximate surface area is 197 Å². The van der Waals surface area contributed by atoms with Gasteiger partial charge < -0.3 is 20.4 Å². The molecule has 33 heavy (non-hydrogen) atoms. The summed E-state index contributed by atoms with van der Waals surface area (Å²) < 4.78 is 0. The molecule has 0 aromatic heterocycles. The predicted octanol–water partition coefficient (Wildman–Crippen LogP) is 3.93. The van der Waals surface area contributed by atoms with Crippen LogP contribution in [-0.2, 0) is 4.79 Å². The van der Waals surface area contributed by atoms with Gasteiger partial charge in [0.25, 0.3) is 11.8 Å². The maximum Gasteiger partial charge on any atom is 0.257 e. The first-order valence-corrected chi connectivity index (χ1v) is 10.8. The van der Waals surface area contributed by atoms with Crippen molar-refractivity contribution in [3.05, 3.63) is 94.5 Å². The second-order valence-corrected chi connectivity index (χ2v) is 8.07. The topological polar surface area (TPSA) is 81.8 Å². The molecule has 0 aliphatic carbocycles. The molecule has 0 fully saturated rings. The number of para-hydroxylation sites is 1. The van der Waals surface area contributed by atoms with Crippen LogP contribution in [-0.4, -0.2) is 43.3 Å². The Kier molecular flexibility index (Phi) is 6.33. The van der Waals surface area contributed by atoms with E-state index < -0.39 is 6.17 Å². The van der Waals surface area contributed by atoms with Gasteiger partial charge in [-0.1, -0.05) is 48.0 Å². The lowest BCUT2D eigenvalue weighted by atomic mass is 10.0. The van der Waals surface area contributed by atoms with E-state index in [1.54, 1.807) is 73.6 Å². The van der Waals surface area contributed by atoms with Gasteiger partial charge in [0, 0.05) is 19.8 Å². The smallest absolute Gasteiger partial charge is 0.257 e. The number of carbonyl (C=O) groups excluding carboxylic acids is 3. The SMILES string of the molecule is CNC(=O)CN1c2ccccc2C(=O)N(C)C1c1cccc(NC(=O)c2ccccc2Cl)c1. The fourth-order valence-corrected chi connectivity index (χ4v) is 4.20. The molecule has 2 N–H and O–H groups in total. The third-order valence-corrected chi connectivity index (χ3v) is 5.91. The average Bonchev–Trinajstić information content (AvgIpc) is 2.82. The van der Waals surface area contributed by atoms with Crippen LogP contribution in [0.4, 0.5) is 11.4 Å². The number of benzene rings is 3. The molecule has 0 spiro atoms. The first kappa shape index (κ1) is 22.4. The largest absolute Gasteiger partial charge is 0.358 e. The van der Waals surface area contributed by atoms with Gasteiger partial charge in [-0.2, -0.15) is 0 Å². The molecular formula is C25H23ClN4O3. The van der Waals surface area contributed by atoms with Crippen LogP contribution in [0.3, 0.4) is 0 Å². The molecule has 1 heterocycles. The van der Waals surface area contributed by atoms with Gasteiger partial charge in [-0.3, -0.25) is 14.4 Å². The number of fused-ring (bicyclic) bond motifs is 1. The second kappa shape index (κ2) is 9.34. The van der Waals surface area contributed by atoms with Gasteiger partial charge in [0.1, 0.15) is 6.17 Å². The summed E-state index contributed by atoms with van der Waals surface area (Å²) in [5.74, 6) is -0.659. The van der Waals surface area contributed by atoms with Crippen molar-refractivity contribution in [3.8, 4) is 0 Å². The molecule has 3 amide bonds. The van der Waals surface area contributed by atoms with Crippen LogP contribution in [0.5, 0.6) is 0 Å². The molecule has 3 aromatic rings. The lowest BCUT2D eigenvalue weighted by Crippen LogP contribution is -2.50. The molecule has 1 aliphatic heterocycles. The number of halogens is 1. The standard InChI is InChI=1S/C25H23ClN4O3/c1-27-22(31)15-30-21-13-6-4-11-19(21)25(33)29(2)24(30)16-8-7-9-17(14-16)28-23(32)18-10-3-5-12-20(18)26/h3-14,24H,15H2,1-2H3,(H,27,31)(H,28,32). The van der Waals surface area contributed by atoms with Gasteiger partial charge in [-0.05, 0) is 42.0 Å². The molecule has 4 rings (SSSR count). The Bertz CT molecular complexity index is 1230. The Hall–Kier alpha value is -3.84. The average molecular weight is 463 g/mol. The summed E-state index contributed by atoms with van der Waals surface area (Å²) in [7, 11) is 3.28. The van der Waals surface area contributed by atoms with Crippen molar-refractivity contribution in [2.24, 2.45) is 0 Å². The summed E-state index contributed by atoms with van der Waals surface area (Å²) in [6, 6.07) is 21.3. The van der Waals surface area contributed by atoms with E-state index in [1.807, 2.05) is 23.1 Å². The van der Waals surface area contributed by atoms with Crippen molar-refractivity contribution < 1.29 is 14.4 Å². The van der Waals surface area contributed by atoms with Crippen LogP contribution in [0.15, 0.2) is 72.8 Å². The zero-order chi connectivity index (χ0) is 23.5. The number of hydrogen-bond acceptors (Lipinski definition) is 4.